The quantitative estimate of drug-likeness (QED) is 0.294. The first-order valence-electron chi connectivity index (χ1n) is 6.98. The molecule has 1 unspecified atom stereocenters. The lowest BCUT2D eigenvalue weighted by molar-refractivity contribution is -0.140. The Kier molecular flexibility index (Phi) is 11.1. The number of benzene rings is 1. The third kappa shape index (κ3) is 9.22. The summed E-state index contributed by atoms with van der Waals surface area (Å²) >= 11 is 0. The highest BCUT2D eigenvalue weighted by atomic mass is 127. The van der Waals surface area contributed by atoms with Gasteiger partial charge in [0.15, 0.2) is 5.96 Å². The average molecular weight is 439 g/mol. The van der Waals surface area contributed by atoms with Crippen LogP contribution < -0.4 is 15.4 Å². The number of guanidine groups is 1. The van der Waals surface area contributed by atoms with E-state index >= 15 is 0 Å². The van der Waals surface area contributed by atoms with Crippen LogP contribution in [0.25, 0.3) is 0 Å². The van der Waals surface area contributed by atoms with E-state index < -0.39 is 0 Å². The number of halogens is 2. The highest BCUT2D eigenvalue weighted by molar-refractivity contribution is 14.0. The van der Waals surface area contributed by atoms with Crippen molar-refractivity contribution in [2.45, 2.75) is 19.4 Å². The van der Waals surface area contributed by atoms with Gasteiger partial charge in [-0.3, -0.25) is 9.79 Å². The minimum atomic E-state index is -0.298. The number of esters is 1. The second kappa shape index (κ2) is 11.9. The Morgan fingerprint density at radius 1 is 1.30 bits per heavy atom. The fraction of sp³-hybridized carbons (Fsp3) is 0.467. The normalized spacial score (nSPS) is 11.9. The molecule has 0 spiro atoms. The van der Waals surface area contributed by atoms with Gasteiger partial charge in [0.05, 0.1) is 20.1 Å². The standard InChI is InChI=1S/C15H22FN3O3.HI/c1-11(22-13-6-4-12(16)5-7-13)10-19-15(17-2)18-9-8-14(20)21-3;/h4-7,11H,8-10H2,1-3H3,(H2,17,18,19);1H. The number of aliphatic imine (C=N–C) groups is 1. The Labute approximate surface area is 152 Å². The number of nitrogens with zero attached hydrogens (tertiary/aromatic N) is 1. The summed E-state index contributed by atoms with van der Waals surface area (Å²) in [5, 5.41) is 6.07. The van der Waals surface area contributed by atoms with E-state index in [1.165, 1.54) is 19.2 Å². The Morgan fingerprint density at radius 3 is 2.52 bits per heavy atom. The van der Waals surface area contributed by atoms with Gasteiger partial charge in [-0.15, -0.1) is 24.0 Å². The Bertz CT molecular complexity index is 497. The highest BCUT2D eigenvalue weighted by Gasteiger charge is 2.06. The second-order valence-corrected chi connectivity index (χ2v) is 4.59. The molecule has 1 atom stereocenters. The molecule has 0 aliphatic rings. The Balaban J connectivity index is 0.00000484. The van der Waals surface area contributed by atoms with Gasteiger partial charge >= 0.3 is 5.97 Å². The van der Waals surface area contributed by atoms with Crippen LogP contribution in [-0.2, 0) is 9.53 Å². The molecule has 1 aromatic carbocycles. The maximum atomic E-state index is 12.8. The molecule has 0 saturated heterocycles. The molecular formula is C15H23FIN3O3. The zero-order valence-electron chi connectivity index (χ0n) is 13.5. The lowest BCUT2D eigenvalue weighted by atomic mass is 10.3. The van der Waals surface area contributed by atoms with E-state index in [9.17, 15) is 9.18 Å². The summed E-state index contributed by atoms with van der Waals surface area (Å²) in [6, 6.07) is 5.86. The highest BCUT2D eigenvalue weighted by Crippen LogP contribution is 2.12. The van der Waals surface area contributed by atoms with Crippen molar-refractivity contribution in [3.8, 4) is 5.75 Å². The van der Waals surface area contributed by atoms with E-state index in [-0.39, 0.29) is 48.3 Å². The predicted molar refractivity (Wildman–Crippen MR) is 97.9 cm³/mol. The maximum absolute atomic E-state index is 12.8. The molecule has 0 heterocycles. The summed E-state index contributed by atoms with van der Waals surface area (Å²) in [5.41, 5.74) is 0. The molecule has 1 aromatic rings. The average Bonchev–Trinajstić information content (AvgIpc) is 2.52. The van der Waals surface area contributed by atoms with E-state index in [0.717, 1.165) is 0 Å². The fourth-order valence-corrected chi connectivity index (χ4v) is 1.63. The smallest absolute Gasteiger partial charge is 0.307 e. The van der Waals surface area contributed by atoms with Gasteiger partial charge in [0.2, 0.25) is 0 Å². The molecule has 0 fully saturated rings. The van der Waals surface area contributed by atoms with Crippen LogP contribution in [0.1, 0.15) is 13.3 Å². The van der Waals surface area contributed by atoms with Crippen molar-refractivity contribution < 1.29 is 18.7 Å². The van der Waals surface area contributed by atoms with Crippen LogP contribution in [0, 0.1) is 5.82 Å². The Hall–Kier alpha value is -1.58. The summed E-state index contributed by atoms with van der Waals surface area (Å²) in [6.45, 7) is 2.83. The van der Waals surface area contributed by atoms with Gasteiger partial charge in [-0.25, -0.2) is 4.39 Å². The van der Waals surface area contributed by atoms with Crippen LogP contribution in [0.5, 0.6) is 5.75 Å². The summed E-state index contributed by atoms with van der Waals surface area (Å²) in [7, 11) is 2.99. The number of hydrogen-bond donors (Lipinski definition) is 2. The number of carbonyl (C=O) groups is 1. The first-order valence-corrected chi connectivity index (χ1v) is 6.98. The van der Waals surface area contributed by atoms with E-state index in [1.807, 2.05) is 6.92 Å². The zero-order valence-corrected chi connectivity index (χ0v) is 15.8. The van der Waals surface area contributed by atoms with Crippen molar-refractivity contribution in [2.75, 3.05) is 27.2 Å². The van der Waals surface area contributed by atoms with E-state index in [2.05, 4.69) is 20.4 Å². The van der Waals surface area contributed by atoms with Crippen molar-refractivity contribution >= 4 is 35.9 Å². The first-order chi connectivity index (χ1) is 10.5. The SMILES string of the molecule is CN=C(NCCC(=O)OC)NCC(C)Oc1ccc(F)cc1.I. The minimum absolute atomic E-state index is 0. The zero-order chi connectivity index (χ0) is 16.4. The van der Waals surface area contributed by atoms with Crippen LogP contribution in [0.15, 0.2) is 29.3 Å². The van der Waals surface area contributed by atoms with Gasteiger partial charge in [-0.05, 0) is 31.2 Å². The summed E-state index contributed by atoms with van der Waals surface area (Å²) in [6.07, 6.45) is 0.128. The van der Waals surface area contributed by atoms with Crippen LogP contribution in [0.3, 0.4) is 0 Å². The minimum Gasteiger partial charge on any atom is -0.489 e. The van der Waals surface area contributed by atoms with Crippen molar-refractivity contribution in [1.29, 1.82) is 0 Å². The van der Waals surface area contributed by atoms with Crippen molar-refractivity contribution in [3.05, 3.63) is 30.1 Å². The van der Waals surface area contributed by atoms with Crippen LogP contribution >= 0.6 is 24.0 Å². The molecular weight excluding hydrogens is 416 g/mol. The maximum Gasteiger partial charge on any atom is 0.307 e. The van der Waals surface area contributed by atoms with Gasteiger partial charge in [-0.1, -0.05) is 0 Å². The lowest BCUT2D eigenvalue weighted by Crippen LogP contribution is -2.42. The lowest BCUT2D eigenvalue weighted by Gasteiger charge is -2.17. The van der Waals surface area contributed by atoms with Gasteiger partial charge < -0.3 is 20.1 Å². The molecule has 6 nitrogen and oxygen atoms in total. The molecule has 0 bridgehead atoms. The van der Waals surface area contributed by atoms with Crippen LogP contribution in [-0.4, -0.2) is 45.3 Å². The van der Waals surface area contributed by atoms with E-state index in [4.69, 9.17) is 4.74 Å². The molecule has 0 aliphatic heterocycles. The molecule has 23 heavy (non-hydrogen) atoms. The monoisotopic (exact) mass is 439 g/mol. The Morgan fingerprint density at radius 2 is 1.96 bits per heavy atom. The van der Waals surface area contributed by atoms with Gasteiger partial charge in [0.25, 0.3) is 0 Å². The van der Waals surface area contributed by atoms with E-state index in [0.29, 0.717) is 24.8 Å². The molecule has 0 radical (unpaired) electrons. The van der Waals surface area contributed by atoms with Gasteiger partial charge in [0.1, 0.15) is 17.7 Å². The van der Waals surface area contributed by atoms with Gasteiger partial charge in [-0.2, -0.15) is 0 Å². The first kappa shape index (κ1) is 21.4. The van der Waals surface area contributed by atoms with Crippen LogP contribution in [0.2, 0.25) is 0 Å². The predicted octanol–water partition coefficient (Wildman–Crippen LogP) is 1.94. The molecule has 0 aromatic heterocycles. The number of methoxy groups -OCH3 is 1. The van der Waals surface area contributed by atoms with Gasteiger partial charge in [0, 0.05) is 13.6 Å². The van der Waals surface area contributed by atoms with Crippen molar-refractivity contribution in [2.24, 2.45) is 4.99 Å². The molecule has 1 rings (SSSR count). The molecule has 8 heteroatoms. The third-order valence-corrected chi connectivity index (χ3v) is 2.78. The number of rotatable bonds is 7. The number of carbonyl (C=O) groups excluding carboxylic acids is 1. The topological polar surface area (TPSA) is 72.0 Å². The third-order valence-electron chi connectivity index (χ3n) is 2.78. The largest absolute Gasteiger partial charge is 0.489 e. The molecule has 130 valence electrons. The van der Waals surface area contributed by atoms with Crippen LogP contribution in [0.4, 0.5) is 4.39 Å². The summed E-state index contributed by atoms with van der Waals surface area (Å²) in [4.78, 5) is 15.0. The summed E-state index contributed by atoms with van der Waals surface area (Å²) < 4.78 is 23.0. The number of hydrogen-bond acceptors (Lipinski definition) is 4. The summed E-state index contributed by atoms with van der Waals surface area (Å²) in [5.74, 6) is 0.590. The molecule has 0 amide bonds. The second-order valence-electron chi connectivity index (χ2n) is 4.59. The number of ether oxygens (including phenoxy) is 2. The van der Waals surface area contributed by atoms with Crippen molar-refractivity contribution in [3.63, 3.8) is 0 Å². The molecule has 0 saturated carbocycles. The van der Waals surface area contributed by atoms with E-state index in [1.54, 1.807) is 19.2 Å². The molecule has 2 N–H and O–H groups in total. The molecule has 0 aliphatic carbocycles. The number of nitrogens with one attached hydrogen (secondary N) is 2. The van der Waals surface area contributed by atoms with Crippen molar-refractivity contribution in [1.82, 2.24) is 10.6 Å². The fourth-order valence-electron chi connectivity index (χ4n) is 1.63.